The van der Waals surface area contributed by atoms with Gasteiger partial charge in [-0.05, 0) is 33.1 Å². The lowest BCUT2D eigenvalue weighted by atomic mass is 10.0. The van der Waals surface area contributed by atoms with E-state index in [0.717, 1.165) is 19.4 Å². The smallest absolute Gasteiger partial charge is 0.303 e. The Balaban J connectivity index is 2.53. The summed E-state index contributed by atoms with van der Waals surface area (Å²) in [6.45, 7) is 4.76. The lowest BCUT2D eigenvalue weighted by Crippen LogP contribution is -2.50. The summed E-state index contributed by atoms with van der Waals surface area (Å²) in [6.07, 6.45) is 2.12. The van der Waals surface area contributed by atoms with Crippen LogP contribution in [0.15, 0.2) is 0 Å². The molecule has 0 aliphatic carbocycles. The highest BCUT2D eigenvalue weighted by atomic mass is 16.4. The van der Waals surface area contributed by atoms with Crippen LogP contribution in [0, 0.1) is 0 Å². The van der Waals surface area contributed by atoms with Crippen molar-refractivity contribution in [1.82, 2.24) is 4.90 Å². The molecule has 5 nitrogen and oxygen atoms in total. The van der Waals surface area contributed by atoms with Crippen molar-refractivity contribution in [3.63, 3.8) is 0 Å². The lowest BCUT2D eigenvalue weighted by Gasteiger charge is -2.33. The van der Waals surface area contributed by atoms with E-state index in [4.69, 9.17) is 10.8 Å². The van der Waals surface area contributed by atoms with Crippen molar-refractivity contribution >= 4 is 11.9 Å². The molecule has 16 heavy (non-hydrogen) atoms. The number of carbonyl (C=O) groups is 2. The van der Waals surface area contributed by atoms with Gasteiger partial charge >= 0.3 is 5.97 Å². The molecule has 3 N–H and O–H groups in total. The molecule has 0 saturated carbocycles. The van der Waals surface area contributed by atoms with Crippen molar-refractivity contribution in [2.45, 2.75) is 51.1 Å². The zero-order valence-corrected chi connectivity index (χ0v) is 9.90. The number of amides is 1. The van der Waals surface area contributed by atoms with Crippen LogP contribution in [-0.4, -0.2) is 40.0 Å². The Labute approximate surface area is 95.6 Å². The maximum Gasteiger partial charge on any atom is 0.303 e. The van der Waals surface area contributed by atoms with Crippen LogP contribution < -0.4 is 5.73 Å². The number of nitrogens with two attached hydrogens (primary N) is 1. The molecule has 0 bridgehead atoms. The first-order chi connectivity index (χ1) is 7.34. The molecule has 1 aliphatic rings. The Morgan fingerprint density at radius 3 is 2.56 bits per heavy atom. The molecule has 1 aliphatic heterocycles. The van der Waals surface area contributed by atoms with E-state index in [1.54, 1.807) is 4.90 Å². The Bertz CT molecular complexity index is 289. The maximum atomic E-state index is 12.0. The van der Waals surface area contributed by atoms with Gasteiger partial charge < -0.3 is 15.7 Å². The Morgan fingerprint density at radius 1 is 1.50 bits per heavy atom. The summed E-state index contributed by atoms with van der Waals surface area (Å²) in [6, 6.07) is -0.687. The average molecular weight is 228 g/mol. The number of carboxylic acids is 1. The number of carboxylic acid groups (broad SMARTS) is 1. The van der Waals surface area contributed by atoms with Crippen LogP contribution >= 0.6 is 0 Å². The van der Waals surface area contributed by atoms with Gasteiger partial charge in [0.1, 0.15) is 0 Å². The fourth-order valence-electron chi connectivity index (χ4n) is 2.12. The number of hydrogen-bond donors (Lipinski definition) is 2. The third-order valence-electron chi connectivity index (χ3n) is 3.15. The molecule has 92 valence electrons. The quantitative estimate of drug-likeness (QED) is 0.737. The van der Waals surface area contributed by atoms with Gasteiger partial charge in [0.05, 0.1) is 6.04 Å². The standard InChI is InChI=1S/C11H20N2O3/c1-11(2)6-3-7-13(11)10(16)8(12)4-5-9(14)15/h8H,3-7,12H2,1-2H3,(H,14,15)/t8-/m0/s1. The summed E-state index contributed by atoms with van der Waals surface area (Å²) in [5.74, 6) is -1.03. The fraction of sp³-hybridized carbons (Fsp3) is 0.818. The first-order valence-corrected chi connectivity index (χ1v) is 5.63. The van der Waals surface area contributed by atoms with Crippen molar-refractivity contribution in [3.05, 3.63) is 0 Å². The van der Waals surface area contributed by atoms with Gasteiger partial charge in [-0.1, -0.05) is 0 Å². The summed E-state index contributed by atoms with van der Waals surface area (Å²) in [5.41, 5.74) is 5.57. The first kappa shape index (κ1) is 13.0. The topological polar surface area (TPSA) is 83.6 Å². The molecular weight excluding hydrogens is 208 g/mol. The fourth-order valence-corrected chi connectivity index (χ4v) is 2.12. The molecule has 5 heteroatoms. The zero-order valence-electron chi connectivity index (χ0n) is 9.90. The van der Waals surface area contributed by atoms with Crippen LogP contribution in [0.3, 0.4) is 0 Å². The molecular formula is C11H20N2O3. The minimum atomic E-state index is -0.913. The van der Waals surface area contributed by atoms with E-state index < -0.39 is 12.0 Å². The molecule has 0 radical (unpaired) electrons. The second-order valence-electron chi connectivity index (χ2n) is 4.94. The predicted molar refractivity (Wildman–Crippen MR) is 59.9 cm³/mol. The van der Waals surface area contributed by atoms with Gasteiger partial charge in [-0.25, -0.2) is 0 Å². The van der Waals surface area contributed by atoms with Crippen LogP contribution in [0.5, 0.6) is 0 Å². The maximum absolute atomic E-state index is 12.0. The Hall–Kier alpha value is -1.10. The van der Waals surface area contributed by atoms with Crippen molar-refractivity contribution < 1.29 is 14.7 Å². The number of hydrogen-bond acceptors (Lipinski definition) is 3. The summed E-state index contributed by atoms with van der Waals surface area (Å²) < 4.78 is 0. The first-order valence-electron chi connectivity index (χ1n) is 5.63. The van der Waals surface area contributed by atoms with Crippen LogP contribution in [0.4, 0.5) is 0 Å². The number of nitrogens with zero attached hydrogens (tertiary/aromatic N) is 1. The molecule has 1 atom stereocenters. The highest BCUT2D eigenvalue weighted by Crippen LogP contribution is 2.28. The van der Waals surface area contributed by atoms with Gasteiger partial charge in [-0.2, -0.15) is 0 Å². The third kappa shape index (κ3) is 2.95. The Kier molecular flexibility index (Phi) is 3.91. The molecule has 0 aromatic heterocycles. The van der Waals surface area contributed by atoms with Crippen LogP contribution in [0.2, 0.25) is 0 Å². The second-order valence-corrected chi connectivity index (χ2v) is 4.94. The second kappa shape index (κ2) is 4.82. The van der Waals surface area contributed by atoms with Gasteiger partial charge in [0.2, 0.25) is 5.91 Å². The highest BCUT2D eigenvalue weighted by molar-refractivity contribution is 5.83. The average Bonchev–Trinajstić information content (AvgIpc) is 2.53. The lowest BCUT2D eigenvalue weighted by molar-refractivity contribution is -0.138. The largest absolute Gasteiger partial charge is 0.481 e. The molecule has 1 rings (SSSR count). The van der Waals surface area contributed by atoms with E-state index in [1.807, 2.05) is 13.8 Å². The van der Waals surface area contributed by atoms with E-state index in [2.05, 4.69) is 0 Å². The van der Waals surface area contributed by atoms with Gasteiger partial charge in [0, 0.05) is 18.5 Å². The molecule has 1 saturated heterocycles. The summed E-state index contributed by atoms with van der Waals surface area (Å²) >= 11 is 0. The van der Waals surface area contributed by atoms with E-state index in [0.29, 0.717) is 0 Å². The van der Waals surface area contributed by atoms with E-state index >= 15 is 0 Å². The van der Waals surface area contributed by atoms with Gasteiger partial charge in [0.25, 0.3) is 0 Å². The molecule has 0 aromatic carbocycles. The van der Waals surface area contributed by atoms with Crippen LogP contribution in [0.1, 0.15) is 39.5 Å². The van der Waals surface area contributed by atoms with Crippen LogP contribution in [-0.2, 0) is 9.59 Å². The minimum absolute atomic E-state index is 0.0544. The van der Waals surface area contributed by atoms with Gasteiger partial charge in [-0.3, -0.25) is 9.59 Å². The predicted octanol–water partition coefficient (Wildman–Crippen LogP) is 0.579. The SMILES string of the molecule is CC1(C)CCCN1C(=O)[C@@H](N)CCC(=O)O. The van der Waals surface area contributed by atoms with Gasteiger partial charge in [0.15, 0.2) is 0 Å². The Morgan fingerprint density at radius 2 is 2.12 bits per heavy atom. The normalized spacial score (nSPS) is 20.8. The molecule has 1 amide bonds. The minimum Gasteiger partial charge on any atom is -0.481 e. The summed E-state index contributed by atoms with van der Waals surface area (Å²) in [5, 5.41) is 8.53. The number of aliphatic carboxylic acids is 1. The van der Waals surface area contributed by atoms with E-state index in [1.165, 1.54) is 0 Å². The third-order valence-corrected chi connectivity index (χ3v) is 3.15. The van der Waals surface area contributed by atoms with Crippen molar-refractivity contribution in [2.24, 2.45) is 5.73 Å². The summed E-state index contributed by atoms with van der Waals surface area (Å²) in [4.78, 5) is 24.2. The molecule has 0 spiro atoms. The number of likely N-dealkylation sites (tertiary alicyclic amines) is 1. The highest BCUT2D eigenvalue weighted by Gasteiger charge is 2.37. The monoisotopic (exact) mass is 228 g/mol. The zero-order chi connectivity index (χ0) is 12.3. The number of rotatable bonds is 4. The van der Waals surface area contributed by atoms with Crippen molar-refractivity contribution in [2.75, 3.05) is 6.54 Å². The van der Waals surface area contributed by atoms with E-state index in [9.17, 15) is 9.59 Å². The molecule has 1 fully saturated rings. The van der Waals surface area contributed by atoms with Crippen molar-refractivity contribution in [3.8, 4) is 0 Å². The molecule has 1 heterocycles. The van der Waals surface area contributed by atoms with Crippen molar-refractivity contribution in [1.29, 1.82) is 0 Å². The molecule has 0 unspecified atom stereocenters. The van der Waals surface area contributed by atoms with E-state index in [-0.39, 0.29) is 24.3 Å². The van der Waals surface area contributed by atoms with Gasteiger partial charge in [-0.15, -0.1) is 0 Å². The summed E-state index contributed by atoms with van der Waals surface area (Å²) in [7, 11) is 0. The number of carbonyl (C=O) groups excluding carboxylic acids is 1. The van der Waals surface area contributed by atoms with Crippen LogP contribution in [0.25, 0.3) is 0 Å². The molecule has 0 aromatic rings.